The summed E-state index contributed by atoms with van der Waals surface area (Å²) in [6.45, 7) is 0.362. The molecule has 0 aromatic heterocycles. The summed E-state index contributed by atoms with van der Waals surface area (Å²) < 4.78 is 11.1. The Morgan fingerprint density at radius 3 is 2.57 bits per heavy atom. The zero-order valence-corrected chi connectivity index (χ0v) is 16.6. The highest BCUT2D eigenvalue weighted by atomic mass is 16.5. The van der Waals surface area contributed by atoms with Crippen molar-refractivity contribution in [1.29, 1.82) is 0 Å². The van der Waals surface area contributed by atoms with Gasteiger partial charge in [-0.15, -0.1) is 0 Å². The third-order valence-corrected chi connectivity index (χ3v) is 4.83. The van der Waals surface area contributed by atoms with Crippen molar-refractivity contribution in [1.82, 2.24) is 5.32 Å². The number of hydrogen-bond donors (Lipinski definition) is 2. The van der Waals surface area contributed by atoms with Gasteiger partial charge in [-0.25, -0.2) is 4.79 Å². The van der Waals surface area contributed by atoms with Gasteiger partial charge in [0.05, 0.1) is 18.4 Å². The Balaban J connectivity index is 1.46. The highest BCUT2D eigenvalue weighted by Crippen LogP contribution is 2.38. The van der Waals surface area contributed by atoms with Crippen molar-refractivity contribution >= 4 is 23.3 Å². The predicted octanol–water partition coefficient (Wildman–Crippen LogP) is 4.40. The quantitative estimate of drug-likeness (QED) is 0.677. The van der Waals surface area contributed by atoms with Crippen molar-refractivity contribution in [2.24, 2.45) is 0 Å². The lowest BCUT2D eigenvalue weighted by molar-refractivity contribution is 0.0993. The van der Waals surface area contributed by atoms with Gasteiger partial charge in [-0.1, -0.05) is 24.3 Å². The lowest BCUT2D eigenvalue weighted by Gasteiger charge is -2.16. The molecule has 30 heavy (non-hydrogen) atoms. The Hall–Kier alpha value is -4.00. The molecule has 0 unspecified atom stereocenters. The molecule has 7 heteroatoms. The zero-order valence-electron chi connectivity index (χ0n) is 16.6. The molecule has 1 aliphatic heterocycles. The van der Waals surface area contributed by atoms with Crippen LogP contribution in [-0.2, 0) is 6.54 Å². The first-order chi connectivity index (χ1) is 14.5. The Morgan fingerprint density at radius 2 is 1.80 bits per heavy atom. The fourth-order valence-corrected chi connectivity index (χ4v) is 3.19. The predicted molar refractivity (Wildman–Crippen MR) is 115 cm³/mol. The van der Waals surface area contributed by atoms with Crippen LogP contribution < -0.4 is 25.0 Å². The van der Waals surface area contributed by atoms with Gasteiger partial charge >= 0.3 is 6.03 Å². The van der Waals surface area contributed by atoms with Crippen molar-refractivity contribution in [3.8, 4) is 17.2 Å². The van der Waals surface area contributed by atoms with Gasteiger partial charge in [0, 0.05) is 19.3 Å². The molecule has 0 fully saturated rings. The second-order valence-corrected chi connectivity index (χ2v) is 6.80. The van der Waals surface area contributed by atoms with Gasteiger partial charge in [-0.05, 0) is 48.0 Å². The largest absolute Gasteiger partial charge is 0.497 e. The molecule has 4 rings (SSSR count). The molecule has 0 bridgehead atoms. The number of carbonyl (C=O) groups is 2. The number of carbonyl (C=O) groups excluding carboxylic acids is 2. The third kappa shape index (κ3) is 3.91. The Bertz CT molecular complexity index is 1100. The Kier molecular flexibility index (Phi) is 5.26. The van der Waals surface area contributed by atoms with Gasteiger partial charge in [-0.2, -0.15) is 0 Å². The summed E-state index contributed by atoms with van der Waals surface area (Å²) in [5.41, 5.74) is 2.50. The monoisotopic (exact) mass is 403 g/mol. The second-order valence-electron chi connectivity index (χ2n) is 6.80. The molecule has 1 heterocycles. The van der Waals surface area contributed by atoms with Crippen molar-refractivity contribution in [3.63, 3.8) is 0 Å². The van der Waals surface area contributed by atoms with E-state index in [1.165, 1.54) is 4.90 Å². The molecule has 0 atom stereocenters. The maximum Gasteiger partial charge on any atom is 0.319 e. The van der Waals surface area contributed by atoms with E-state index in [0.29, 0.717) is 35.0 Å². The van der Waals surface area contributed by atoms with E-state index >= 15 is 0 Å². The number of urea groups is 1. The second kappa shape index (κ2) is 8.16. The van der Waals surface area contributed by atoms with E-state index in [-0.39, 0.29) is 11.9 Å². The minimum absolute atomic E-state index is 0.211. The molecule has 152 valence electrons. The van der Waals surface area contributed by atoms with Crippen LogP contribution in [0.5, 0.6) is 17.2 Å². The fourth-order valence-electron chi connectivity index (χ4n) is 3.19. The van der Waals surface area contributed by atoms with E-state index in [0.717, 1.165) is 11.3 Å². The Morgan fingerprint density at radius 1 is 1.03 bits per heavy atom. The van der Waals surface area contributed by atoms with E-state index in [4.69, 9.17) is 9.47 Å². The molecule has 0 saturated heterocycles. The fraction of sp³-hybridized carbons (Fsp3) is 0.130. The molecule has 0 aliphatic carbocycles. The zero-order chi connectivity index (χ0) is 21.1. The first kappa shape index (κ1) is 19.3. The molecule has 0 saturated carbocycles. The number of rotatable bonds is 4. The van der Waals surface area contributed by atoms with Gasteiger partial charge in [0.1, 0.15) is 11.5 Å². The number of anilines is 2. The summed E-state index contributed by atoms with van der Waals surface area (Å²) in [7, 11) is 3.30. The highest BCUT2D eigenvalue weighted by molar-refractivity contribution is 6.10. The standard InChI is InChI=1S/C23H21N3O4/c1-26-19-5-3-4-6-21(19)30-20-12-9-16(13-18(20)22(26)27)25-23(28)24-14-15-7-10-17(29-2)11-8-15/h3-13H,14H2,1-2H3,(H2,24,25,28). The van der Waals surface area contributed by atoms with Crippen LogP contribution >= 0.6 is 0 Å². The SMILES string of the molecule is COc1ccc(CNC(=O)Nc2ccc3c(c2)C(=O)N(C)c2ccccc2O3)cc1. The van der Waals surface area contributed by atoms with E-state index < -0.39 is 0 Å². The minimum Gasteiger partial charge on any atom is -0.497 e. The van der Waals surface area contributed by atoms with Crippen molar-refractivity contribution < 1.29 is 19.1 Å². The van der Waals surface area contributed by atoms with E-state index in [2.05, 4.69) is 10.6 Å². The average Bonchev–Trinajstić information content (AvgIpc) is 2.88. The average molecular weight is 403 g/mol. The maximum atomic E-state index is 12.9. The number of para-hydroxylation sites is 2. The minimum atomic E-state index is -0.371. The molecular formula is C23H21N3O4. The molecule has 2 N–H and O–H groups in total. The molecule has 0 spiro atoms. The summed E-state index contributed by atoms with van der Waals surface area (Å²) in [6.07, 6.45) is 0. The number of benzene rings is 3. The van der Waals surface area contributed by atoms with Crippen molar-refractivity contribution in [2.75, 3.05) is 24.4 Å². The smallest absolute Gasteiger partial charge is 0.319 e. The molecule has 1 aliphatic rings. The number of fused-ring (bicyclic) bond motifs is 2. The normalized spacial score (nSPS) is 12.2. The molecule has 3 aromatic carbocycles. The van der Waals surface area contributed by atoms with Crippen LogP contribution in [-0.4, -0.2) is 26.1 Å². The van der Waals surface area contributed by atoms with Crippen LogP contribution in [0.3, 0.4) is 0 Å². The van der Waals surface area contributed by atoms with Crippen molar-refractivity contribution in [2.45, 2.75) is 6.54 Å². The van der Waals surface area contributed by atoms with Crippen LogP contribution in [0.2, 0.25) is 0 Å². The van der Waals surface area contributed by atoms with Crippen LogP contribution in [0.25, 0.3) is 0 Å². The van der Waals surface area contributed by atoms with Gasteiger partial charge in [-0.3, -0.25) is 4.79 Å². The van der Waals surface area contributed by atoms with E-state index in [1.807, 2.05) is 48.5 Å². The number of nitrogens with one attached hydrogen (secondary N) is 2. The number of methoxy groups -OCH3 is 1. The summed E-state index contributed by atoms with van der Waals surface area (Å²) in [4.78, 5) is 26.7. The van der Waals surface area contributed by atoms with E-state index in [9.17, 15) is 9.59 Å². The first-order valence-electron chi connectivity index (χ1n) is 9.42. The van der Waals surface area contributed by atoms with Crippen LogP contribution in [0.4, 0.5) is 16.2 Å². The van der Waals surface area contributed by atoms with Crippen molar-refractivity contribution in [3.05, 3.63) is 77.9 Å². The van der Waals surface area contributed by atoms with Gasteiger partial charge in [0.25, 0.3) is 5.91 Å². The van der Waals surface area contributed by atoms with Gasteiger partial charge in [0.2, 0.25) is 0 Å². The van der Waals surface area contributed by atoms with E-state index in [1.54, 1.807) is 32.4 Å². The number of nitrogens with zero attached hydrogens (tertiary/aromatic N) is 1. The lowest BCUT2D eigenvalue weighted by Crippen LogP contribution is -2.28. The number of hydrogen-bond acceptors (Lipinski definition) is 4. The van der Waals surface area contributed by atoms with Crippen LogP contribution in [0, 0.1) is 0 Å². The summed E-state index contributed by atoms with van der Waals surface area (Å²) in [6, 6.07) is 19.4. The molecular weight excluding hydrogens is 382 g/mol. The topological polar surface area (TPSA) is 79.9 Å². The summed E-state index contributed by atoms with van der Waals surface area (Å²) in [5, 5.41) is 5.55. The first-order valence-corrected chi connectivity index (χ1v) is 9.42. The lowest BCUT2D eigenvalue weighted by atomic mass is 10.1. The molecule has 0 radical (unpaired) electrons. The summed E-state index contributed by atoms with van der Waals surface area (Å²) >= 11 is 0. The molecule has 7 nitrogen and oxygen atoms in total. The highest BCUT2D eigenvalue weighted by Gasteiger charge is 2.25. The van der Waals surface area contributed by atoms with Gasteiger partial charge in [0.15, 0.2) is 5.75 Å². The number of ether oxygens (including phenoxy) is 2. The maximum absolute atomic E-state index is 12.9. The summed E-state index contributed by atoms with van der Waals surface area (Å²) in [5.74, 6) is 1.59. The van der Waals surface area contributed by atoms with Gasteiger partial charge < -0.3 is 25.0 Å². The molecule has 3 amide bonds. The Labute approximate surface area is 174 Å². The number of amides is 3. The third-order valence-electron chi connectivity index (χ3n) is 4.83. The van der Waals surface area contributed by atoms with Crippen LogP contribution in [0.1, 0.15) is 15.9 Å². The van der Waals surface area contributed by atoms with Crippen LogP contribution in [0.15, 0.2) is 66.7 Å². The molecule has 3 aromatic rings.